The molecule has 18 heavy (non-hydrogen) atoms. The highest BCUT2D eigenvalue weighted by atomic mass is 16.5. The van der Waals surface area contributed by atoms with E-state index in [0.717, 1.165) is 19.6 Å². The summed E-state index contributed by atoms with van der Waals surface area (Å²) in [6.45, 7) is 4.40. The zero-order valence-corrected chi connectivity index (χ0v) is 11.0. The summed E-state index contributed by atoms with van der Waals surface area (Å²) in [7, 11) is 1.37. The third-order valence-corrected chi connectivity index (χ3v) is 3.51. The molecule has 4 heteroatoms. The van der Waals surface area contributed by atoms with Gasteiger partial charge in [-0.3, -0.25) is 9.69 Å². The first-order valence-electron chi connectivity index (χ1n) is 6.19. The van der Waals surface area contributed by atoms with Crippen LogP contribution >= 0.6 is 0 Å². The minimum atomic E-state index is -0.899. The molecule has 0 aliphatic carbocycles. The molecule has 0 bridgehead atoms. The normalized spacial score (nSPS) is 18.2. The number of fused-ring (bicyclic) bond motifs is 1. The summed E-state index contributed by atoms with van der Waals surface area (Å²) in [6, 6.07) is 8.42. The van der Waals surface area contributed by atoms with E-state index < -0.39 is 5.54 Å². The second-order valence-electron chi connectivity index (χ2n) is 5.14. The zero-order valence-electron chi connectivity index (χ0n) is 11.0. The molecule has 1 heterocycles. The number of benzene rings is 1. The second-order valence-corrected chi connectivity index (χ2v) is 5.14. The molecule has 2 rings (SSSR count). The number of ether oxygens (including phenoxy) is 1. The average Bonchev–Trinajstić information content (AvgIpc) is 2.78. The monoisotopic (exact) mass is 248 g/mol. The molecule has 98 valence electrons. The Hall–Kier alpha value is -1.39. The Morgan fingerprint density at radius 2 is 1.94 bits per heavy atom. The van der Waals surface area contributed by atoms with Gasteiger partial charge in [-0.25, -0.2) is 0 Å². The summed E-state index contributed by atoms with van der Waals surface area (Å²) < 4.78 is 4.71. The molecule has 0 spiro atoms. The molecule has 0 radical (unpaired) electrons. The Labute approximate surface area is 108 Å². The standard InChI is InChI=1S/C14H20N2O2/c1-14(15,13(17)18-2)7-8-16-9-11-5-3-4-6-12(11)10-16/h3-6H,7-10,15H2,1-2H3. The number of hydrogen-bond donors (Lipinski definition) is 1. The van der Waals surface area contributed by atoms with Gasteiger partial charge in [-0.1, -0.05) is 24.3 Å². The van der Waals surface area contributed by atoms with E-state index in [1.54, 1.807) is 6.92 Å². The van der Waals surface area contributed by atoms with Crippen LogP contribution in [0.3, 0.4) is 0 Å². The van der Waals surface area contributed by atoms with Crippen LogP contribution in [0.15, 0.2) is 24.3 Å². The Bertz CT molecular complexity index is 418. The highest BCUT2D eigenvalue weighted by molar-refractivity contribution is 5.79. The van der Waals surface area contributed by atoms with Crippen LogP contribution in [-0.2, 0) is 22.6 Å². The number of methoxy groups -OCH3 is 1. The van der Waals surface area contributed by atoms with Gasteiger partial charge >= 0.3 is 5.97 Å². The van der Waals surface area contributed by atoms with E-state index in [-0.39, 0.29) is 5.97 Å². The van der Waals surface area contributed by atoms with Crippen molar-refractivity contribution < 1.29 is 9.53 Å². The first-order chi connectivity index (χ1) is 8.53. The van der Waals surface area contributed by atoms with E-state index in [4.69, 9.17) is 10.5 Å². The number of esters is 1. The molecule has 2 N–H and O–H groups in total. The molecule has 4 nitrogen and oxygen atoms in total. The van der Waals surface area contributed by atoms with Crippen LogP contribution in [-0.4, -0.2) is 30.1 Å². The Morgan fingerprint density at radius 1 is 1.39 bits per heavy atom. The quantitative estimate of drug-likeness (QED) is 0.816. The summed E-state index contributed by atoms with van der Waals surface area (Å²) >= 11 is 0. The fourth-order valence-electron chi connectivity index (χ4n) is 2.29. The molecule has 0 saturated heterocycles. The Kier molecular flexibility index (Phi) is 3.68. The fraction of sp³-hybridized carbons (Fsp3) is 0.500. The largest absolute Gasteiger partial charge is 0.468 e. The lowest BCUT2D eigenvalue weighted by molar-refractivity contribution is -0.146. The van der Waals surface area contributed by atoms with Gasteiger partial charge in [0.2, 0.25) is 0 Å². The molecular weight excluding hydrogens is 228 g/mol. The van der Waals surface area contributed by atoms with E-state index in [2.05, 4.69) is 29.2 Å². The van der Waals surface area contributed by atoms with E-state index in [1.807, 2.05) is 0 Å². The molecule has 1 aromatic carbocycles. The van der Waals surface area contributed by atoms with Crippen molar-refractivity contribution in [2.75, 3.05) is 13.7 Å². The molecule has 0 amide bonds. The molecule has 1 aliphatic rings. The molecular formula is C14H20N2O2. The molecule has 0 fully saturated rings. The van der Waals surface area contributed by atoms with Crippen LogP contribution in [0, 0.1) is 0 Å². The first kappa shape index (κ1) is 13.1. The molecule has 0 aromatic heterocycles. The van der Waals surface area contributed by atoms with E-state index in [9.17, 15) is 4.79 Å². The van der Waals surface area contributed by atoms with E-state index in [1.165, 1.54) is 18.2 Å². The minimum Gasteiger partial charge on any atom is -0.468 e. The summed E-state index contributed by atoms with van der Waals surface area (Å²) in [6.07, 6.45) is 0.605. The summed E-state index contributed by atoms with van der Waals surface area (Å²) in [4.78, 5) is 13.8. The van der Waals surface area contributed by atoms with Crippen molar-refractivity contribution in [3.05, 3.63) is 35.4 Å². The summed E-state index contributed by atoms with van der Waals surface area (Å²) in [5, 5.41) is 0. The van der Waals surface area contributed by atoms with Crippen molar-refractivity contribution in [3.63, 3.8) is 0 Å². The maximum Gasteiger partial charge on any atom is 0.325 e. The first-order valence-corrected chi connectivity index (χ1v) is 6.19. The van der Waals surface area contributed by atoms with Gasteiger partial charge in [-0.15, -0.1) is 0 Å². The van der Waals surface area contributed by atoms with E-state index >= 15 is 0 Å². The predicted octanol–water partition coefficient (Wildman–Crippen LogP) is 1.28. The average molecular weight is 248 g/mol. The third kappa shape index (κ3) is 2.71. The fourth-order valence-corrected chi connectivity index (χ4v) is 2.29. The molecule has 1 unspecified atom stereocenters. The number of hydrogen-bond acceptors (Lipinski definition) is 4. The number of carbonyl (C=O) groups is 1. The maximum atomic E-state index is 11.5. The van der Waals surface area contributed by atoms with Crippen molar-refractivity contribution in [2.45, 2.75) is 32.0 Å². The lowest BCUT2D eigenvalue weighted by atomic mass is 9.99. The third-order valence-electron chi connectivity index (χ3n) is 3.51. The molecule has 1 atom stereocenters. The SMILES string of the molecule is COC(=O)C(C)(N)CCN1Cc2ccccc2C1. The van der Waals surface area contributed by atoms with Crippen molar-refractivity contribution in [1.82, 2.24) is 4.90 Å². The number of carbonyl (C=O) groups excluding carboxylic acids is 1. The lowest BCUT2D eigenvalue weighted by Gasteiger charge is -2.24. The molecule has 1 aliphatic heterocycles. The van der Waals surface area contributed by atoms with Crippen LogP contribution in [0.1, 0.15) is 24.5 Å². The van der Waals surface area contributed by atoms with Crippen molar-refractivity contribution >= 4 is 5.97 Å². The van der Waals surface area contributed by atoms with Crippen molar-refractivity contribution in [2.24, 2.45) is 5.73 Å². The smallest absolute Gasteiger partial charge is 0.325 e. The van der Waals surface area contributed by atoms with Crippen molar-refractivity contribution in [1.29, 1.82) is 0 Å². The van der Waals surface area contributed by atoms with Crippen LogP contribution < -0.4 is 5.73 Å². The van der Waals surface area contributed by atoms with E-state index in [0.29, 0.717) is 6.42 Å². The minimum absolute atomic E-state index is 0.348. The zero-order chi connectivity index (χ0) is 13.2. The topological polar surface area (TPSA) is 55.6 Å². The van der Waals surface area contributed by atoms with Gasteiger partial charge in [0, 0.05) is 19.6 Å². The van der Waals surface area contributed by atoms with Crippen LogP contribution in [0.5, 0.6) is 0 Å². The lowest BCUT2D eigenvalue weighted by Crippen LogP contribution is -2.47. The predicted molar refractivity (Wildman–Crippen MR) is 69.8 cm³/mol. The van der Waals surface area contributed by atoms with Gasteiger partial charge in [0.25, 0.3) is 0 Å². The Balaban J connectivity index is 1.89. The second kappa shape index (κ2) is 5.08. The highest BCUT2D eigenvalue weighted by Gasteiger charge is 2.30. The van der Waals surface area contributed by atoms with Crippen LogP contribution in [0.25, 0.3) is 0 Å². The van der Waals surface area contributed by atoms with Gasteiger partial charge in [0.1, 0.15) is 5.54 Å². The van der Waals surface area contributed by atoms with Gasteiger partial charge in [0.05, 0.1) is 7.11 Å². The van der Waals surface area contributed by atoms with Gasteiger partial charge < -0.3 is 10.5 Å². The van der Waals surface area contributed by atoms with Gasteiger partial charge in [-0.2, -0.15) is 0 Å². The van der Waals surface area contributed by atoms with Crippen molar-refractivity contribution in [3.8, 4) is 0 Å². The van der Waals surface area contributed by atoms with Gasteiger partial charge in [0.15, 0.2) is 0 Å². The highest BCUT2D eigenvalue weighted by Crippen LogP contribution is 2.23. The van der Waals surface area contributed by atoms with Crippen LogP contribution in [0.4, 0.5) is 0 Å². The molecule has 0 saturated carbocycles. The number of rotatable bonds is 4. The Morgan fingerprint density at radius 3 is 2.44 bits per heavy atom. The number of nitrogens with two attached hydrogens (primary N) is 1. The van der Waals surface area contributed by atoms with Gasteiger partial charge in [-0.05, 0) is 24.5 Å². The molecule has 1 aromatic rings. The summed E-state index contributed by atoms with van der Waals surface area (Å²) in [5.41, 5.74) is 7.79. The maximum absolute atomic E-state index is 11.5. The summed E-state index contributed by atoms with van der Waals surface area (Å²) in [5.74, 6) is -0.348. The van der Waals surface area contributed by atoms with Crippen LogP contribution in [0.2, 0.25) is 0 Å². The number of nitrogens with zero attached hydrogens (tertiary/aromatic N) is 1.